The second-order valence-corrected chi connectivity index (χ2v) is 7.99. The number of amides is 2. The fourth-order valence-corrected chi connectivity index (χ4v) is 3.61. The van der Waals surface area contributed by atoms with Crippen LogP contribution in [0.15, 0.2) is 53.4 Å². The number of carboxylic acids is 1. The molecule has 152 valence electrons. The van der Waals surface area contributed by atoms with Crippen LogP contribution in [-0.4, -0.2) is 37.9 Å². The van der Waals surface area contributed by atoms with Gasteiger partial charge < -0.3 is 10.0 Å². The van der Waals surface area contributed by atoms with Gasteiger partial charge in [-0.25, -0.2) is 12.8 Å². The van der Waals surface area contributed by atoms with Gasteiger partial charge in [0.2, 0.25) is 5.91 Å². The van der Waals surface area contributed by atoms with E-state index in [-0.39, 0.29) is 29.3 Å². The fraction of sp³-hybridized carbons (Fsp3) is 0.167. The smallest absolute Gasteiger partial charge is 0.308 e. The van der Waals surface area contributed by atoms with E-state index in [1.54, 1.807) is 0 Å². The quantitative estimate of drug-likeness (QED) is 0.593. The van der Waals surface area contributed by atoms with Crippen molar-refractivity contribution in [2.75, 3.05) is 11.4 Å². The van der Waals surface area contributed by atoms with E-state index in [2.05, 4.69) is 0 Å². The lowest BCUT2D eigenvalue weighted by Crippen LogP contribution is -2.41. The van der Waals surface area contributed by atoms with Crippen molar-refractivity contribution >= 4 is 33.5 Å². The molecule has 0 radical (unpaired) electrons. The zero-order valence-corrected chi connectivity index (χ0v) is 15.6. The van der Waals surface area contributed by atoms with Crippen LogP contribution in [0.25, 0.3) is 0 Å². The maximum absolute atomic E-state index is 12.9. The summed E-state index contributed by atoms with van der Waals surface area (Å²) >= 11 is 0. The van der Waals surface area contributed by atoms with Crippen molar-refractivity contribution in [3.05, 3.63) is 59.9 Å². The third-order valence-electron chi connectivity index (χ3n) is 4.34. The van der Waals surface area contributed by atoms with Crippen molar-refractivity contribution < 1.29 is 32.3 Å². The Morgan fingerprint density at radius 3 is 2.24 bits per heavy atom. The SMILES string of the molecule is O=C(NNS(=O)(=O)c1ccc(N2CC(C(=O)O)CC2=O)cc1)c1ccc(F)cc1. The molecule has 2 aromatic rings. The number of aliphatic carboxylic acids is 1. The van der Waals surface area contributed by atoms with Crippen LogP contribution in [-0.2, 0) is 19.6 Å². The minimum absolute atomic E-state index is 0.00619. The van der Waals surface area contributed by atoms with Crippen molar-refractivity contribution in [3.8, 4) is 0 Å². The molecule has 29 heavy (non-hydrogen) atoms. The number of halogens is 1. The Morgan fingerprint density at radius 1 is 1.07 bits per heavy atom. The van der Waals surface area contributed by atoms with E-state index in [9.17, 15) is 27.2 Å². The van der Waals surface area contributed by atoms with Crippen molar-refractivity contribution in [3.63, 3.8) is 0 Å². The number of nitrogens with one attached hydrogen (secondary N) is 2. The first-order valence-electron chi connectivity index (χ1n) is 8.38. The van der Waals surface area contributed by atoms with Gasteiger partial charge in [0, 0.05) is 24.2 Å². The Kier molecular flexibility index (Phi) is 5.62. The predicted octanol–water partition coefficient (Wildman–Crippen LogP) is 0.887. The molecule has 1 aliphatic rings. The molecule has 1 fully saturated rings. The number of sulfonamides is 1. The summed E-state index contributed by atoms with van der Waals surface area (Å²) in [5.41, 5.74) is 2.45. The number of hydrogen-bond donors (Lipinski definition) is 3. The molecule has 1 unspecified atom stereocenters. The average molecular weight is 421 g/mol. The lowest BCUT2D eigenvalue weighted by atomic mass is 10.1. The van der Waals surface area contributed by atoms with E-state index >= 15 is 0 Å². The largest absolute Gasteiger partial charge is 0.481 e. The first-order valence-corrected chi connectivity index (χ1v) is 9.86. The summed E-state index contributed by atoms with van der Waals surface area (Å²) in [5.74, 6) is -3.55. The van der Waals surface area contributed by atoms with Crippen LogP contribution in [0.2, 0.25) is 0 Å². The Balaban J connectivity index is 1.67. The fourth-order valence-electron chi connectivity index (χ4n) is 2.77. The Bertz CT molecular complexity index is 1050. The molecule has 2 aromatic carbocycles. The monoisotopic (exact) mass is 421 g/mol. The number of rotatable bonds is 6. The average Bonchev–Trinajstić information content (AvgIpc) is 3.09. The van der Waals surface area contributed by atoms with Crippen molar-refractivity contribution in [1.82, 2.24) is 10.3 Å². The minimum Gasteiger partial charge on any atom is -0.481 e. The number of carbonyl (C=O) groups excluding carboxylic acids is 2. The molecule has 3 rings (SSSR count). The molecule has 1 heterocycles. The topological polar surface area (TPSA) is 133 Å². The van der Waals surface area contributed by atoms with Gasteiger partial charge >= 0.3 is 5.97 Å². The first-order chi connectivity index (χ1) is 13.7. The van der Waals surface area contributed by atoms with Gasteiger partial charge in [0.25, 0.3) is 15.9 Å². The number of carboxylic acid groups (broad SMARTS) is 1. The maximum Gasteiger partial charge on any atom is 0.308 e. The lowest BCUT2D eigenvalue weighted by molar-refractivity contribution is -0.141. The molecular formula is C18H16FN3O6S. The number of anilines is 1. The molecule has 1 saturated heterocycles. The highest BCUT2D eigenvalue weighted by Gasteiger charge is 2.35. The second-order valence-electron chi connectivity index (χ2n) is 6.30. The third-order valence-corrected chi connectivity index (χ3v) is 5.60. The van der Waals surface area contributed by atoms with Gasteiger partial charge in [-0.1, -0.05) is 0 Å². The minimum atomic E-state index is -4.10. The molecular weight excluding hydrogens is 405 g/mol. The van der Waals surface area contributed by atoms with Gasteiger partial charge in [-0.3, -0.25) is 19.8 Å². The van der Waals surface area contributed by atoms with Gasteiger partial charge in [-0.2, -0.15) is 0 Å². The number of carbonyl (C=O) groups is 3. The van der Waals surface area contributed by atoms with Crippen LogP contribution < -0.4 is 15.2 Å². The molecule has 2 amide bonds. The van der Waals surface area contributed by atoms with Crippen molar-refractivity contribution in [1.29, 1.82) is 0 Å². The molecule has 9 nitrogen and oxygen atoms in total. The van der Waals surface area contributed by atoms with Crippen LogP contribution in [0.4, 0.5) is 10.1 Å². The van der Waals surface area contributed by atoms with Gasteiger partial charge in [-0.05, 0) is 48.5 Å². The molecule has 0 aliphatic carbocycles. The highest BCUT2D eigenvalue weighted by atomic mass is 32.2. The van der Waals surface area contributed by atoms with Crippen molar-refractivity contribution in [2.45, 2.75) is 11.3 Å². The summed E-state index contributed by atoms with van der Waals surface area (Å²) in [6, 6.07) is 9.73. The van der Waals surface area contributed by atoms with Crippen molar-refractivity contribution in [2.24, 2.45) is 5.92 Å². The van der Waals surface area contributed by atoms with Crippen LogP contribution in [0.5, 0.6) is 0 Å². The molecule has 0 aromatic heterocycles. The van der Waals surface area contributed by atoms with E-state index < -0.39 is 33.6 Å². The Labute approximate surface area is 165 Å². The normalized spacial score (nSPS) is 16.7. The molecule has 1 aliphatic heterocycles. The zero-order valence-electron chi connectivity index (χ0n) is 14.8. The lowest BCUT2D eigenvalue weighted by Gasteiger charge is -2.16. The standard InChI is InChI=1S/C18H16FN3O6S/c19-13-3-1-11(2-4-13)17(24)20-21-29(27,28)15-7-5-14(6-8-15)22-10-12(18(25)26)9-16(22)23/h1-8,12,21H,9-10H2,(H,20,24)(H,25,26). The summed E-state index contributed by atoms with van der Waals surface area (Å²) < 4.78 is 37.5. The Morgan fingerprint density at radius 2 is 1.69 bits per heavy atom. The number of nitrogens with zero attached hydrogens (tertiary/aromatic N) is 1. The maximum atomic E-state index is 12.9. The molecule has 11 heteroatoms. The van der Waals surface area contributed by atoms with Gasteiger partial charge in [0.1, 0.15) is 5.82 Å². The highest BCUT2D eigenvalue weighted by Crippen LogP contribution is 2.26. The van der Waals surface area contributed by atoms with E-state index in [1.165, 1.54) is 41.3 Å². The Hall–Kier alpha value is -3.31. The third kappa shape index (κ3) is 4.58. The van der Waals surface area contributed by atoms with Crippen LogP contribution in [0, 0.1) is 11.7 Å². The number of benzene rings is 2. The first kappa shape index (κ1) is 20.4. The van der Waals surface area contributed by atoms with Crippen LogP contribution >= 0.6 is 0 Å². The molecule has 0 spiro atoms. The number of hydrogen-bond acceptors (Lipinski definition) is 5. The summed E-state index contributed by atoms with van der Waals surface area (Å²) in [6.07, 6.45) is -0.119. The molecule has 0 saturated carbocycles. The molecule has 1 atom stereocenters. The van der Waals surface area contributed by atoms with Gasteiger partial charge in [0.15, 0.2) is 0 Å². The van der Waals surface area contributed by atoms with E-state index in [1.807, 2.05) is 10.3 Å². The summed E-state index contributed by atoms with van der Waals surface area (Å²) in [5, 5.41) is 9.03. The summed E-state index contributed by atoms with van der Waals surface area (Å²) in [4.78, 5) is 38.0. The predicted molar refractivity (Wildman–Crippen MR) is 98.7 cm³/mol. The van der Waals surface area contributed by atoms with E-state index in [0.717, 1.165) is 12.1 Å². The van der Waals surface area contributed by atoms with E-state index in [0.29, 0.717) is 5.69 Å². The number of hydrazine groups is 1. The zero-order chi connectivity index (χ0) is 21.2. The van der Waals surface area contributed by atoms with Gasteiger partial charge in [-0.15, -0.1) is 4.83 Å². The summed E-state index contributed by atoms with van der Waals surface area (Å²) in [6.45, 7) is 0.00619. The molecule has 3 N–H and O–H groups in total. The highest BCUT2D eigenvalue weighted by molar-refractivity contribution is 7.89. The summed E-state index contributed by atoms with van der Waals surface area (Å²) in [7, 11) is -4.10. The van der Waals surface area contributed by atoms with Crippen LogP contribution in [0.1, 0.15) is 16.8 Å². The van der Waals surface area contributed by atoms with Gasteiger partial charge in [0.05, 0.1) is 10.8 Å². The van der Waals surface area contributed by atoms with E-state index in [4.69, 9.17) is 5.11 Å². The molecule has 0 bridgehead atoms. The van der Waals surface area contributed by atoms with Crippen LogP contribution in [0.3, 0.4) is 0 Å². The second kappa shape index (κ2) is 7.97.